The van der Waals surface area contributed by atoms with E-state index >= 15 is 0 Å². The maximum Gasteiger partial charge on any atom is 0.0937 e. The Balaban J connectivity index is 1.72. The second kappa shape index (κ2) is 8.69. The van der Waals surface area contributed by atoms with Crippen LogP contribution < -0.4 is 0 Å². The standard InChI is InChI=1S/C23H30BrNO/c1-25(2)17-21-15-19(12-11-18-7-4-3-5-8-18)13-14-23(21,26)20-9-6-10-22(24)16-20/h3-10,16,19,21,26H,11-15,17H2,1-2H3. The molecule has 140 valence electrons. The van der Waals surface area contributed by atoms with Gasteiger partial charge in [-0.3, -0.25) is 0 Å². The molecule has 0 spiro atoms. The Kier molecular flexibility index (Phi) is 6.55. The van der Waals surface area contributed by atoms with Gasteiger partial charge in [-0.25, -0.2) is 0 Å². The van der Waals surface area contributed by atoms with Crippen molar-refractivity contribution >= 4 is 15.9 Å². The predicted molar refractivity (Wildman–Crippen MR) is 112 cm³/mol. The first kappa shape index (κ1) is 19.6. The highest BCUT2D eigenvalue weighted by Gasteiger charge is 2.43. The molecule has 1 aliphatic rings. The van der Waals surface area contributed by atoms with E-state index in [1.165, 1.54) is 12.0 Å². The van der Waals surface area contributed by atoms with Gasteiger partial charge in [-0.05, 0) is 75.4 Å². The Morgan fingerprint density at radius 1 is 1.12 bits per heavy atom. The summed E-state index contributed by atoms with van der Waals surface area (Å²) < 4.78 is 1.04. The lowest BCUT2D eigenvalue weighted by atomic mass is 9.66. The van der Waals surface area contributed by atoms with Gasteiger partial charge < -0.3 is 10.0 Å². The third kappa shape index (κ3) is 4.76. The van der Waals surface area contributed by atoms with Gasteiger partial charge in [0.15, 0.2) is 0 Å². The van der Waals surface area contributed by atoms with Crippen molar-refractivity contribution in [2.75, 3.05) is 20.6 Å². The zero-order chi connectivity index (χ0) is 18.6. The molecule has 26 heavy (non-hydrogen) atoms. The van der Waals surface area contributed by atoms with E-state index in [2.05, 4.69) is 77.4 Å². The molecule has 3 rings (SSSR count). The number of hydrogen-bond acceptors (Lipinski definition) is 2. The Morgan fingerprint density at radius 3 is 2.58 bits per heavy atom. The zero-order valence-corrected chi connectivity index (χ0v) is 17.5. The van der Waals surface area contributed by atoms with Gasteiger partial charge in [0.1, 0.15) is 0 Å². The quantitative estimate of drug-likeness (QED) is 0.696. The molecule has 0 aliphatic heterocycles. The Labute approximate surface area is 166 Å². The summed E-state index contributed by atoms with van der Waals surface area (Å²) in [6, 6.07) is 19.0. The second-order valence-corrected chi connectivity index (χ2v) is 8.97. The van der Waals surface area contributed by atoms with E-state index < -0.39 is 5.60 Å². The Bertz CT molecular complexity index is 702. The van der Waals surface area contributed by atoms with Crippen LogP contribution in [0.1, 0.15) is 36.8 Å². The summed E-state index contributed by atoms with van der Waals surface area (Å²) in [7, 11) is 4.21. The van der Waals surface area contributed by atoms with Crippen LogP contribution in [0.2, 0.25) is 0 Å². The number of rotatable bonds is 6. The van der Waals surface area contributed by atoms with E-state index in [4.69, 9.17) is 0 Å². The van der Waals surface area contributed by atoms with Crippen LogP contribution in [0.3, 0.4) is 0 Å². The van der Waals surface area contributed by atoms with E-state index in [1.807, 2.05) is 12.1 Å². The van der Waals surface area contributed by atoms with Crippen molar-refractivity contribution in [2.45, 2.75) is 37.7 Å². The molecule has 0 saturated heterocycles. The fourth-order valence-electron chi connectivity index (χ4n) is 4.43. The van der Waals surface area contributed by atoms with Crippen molar-refractivity contribution < 1.29 is 5.11 Å². The molecular weight excluding hydrogens is 386 g/mol. The van der Waals surface area contributed by atoms with Gasteiger partial charge in [-0.2, -0.15) is 0 Å². The van der Waals surface area contributed by atoms with Crippen LogP contribution in [0, 0.1) is 11.8 Å². The van der Waals surface area contributed by atoms with Crippen LogP contribution in [0.15, 0.2) is 59.1 Å². The number of aliphatic hydroxyl groups is 1. The molecule has 0 bridgehead atoms. The van der Waals surface area contributed by atoms with Gasteiger partial charge in [0.25, 0.3) is 0 Å². The van der Waals surface area contributed by atoms with Crippen LogP contribution in [-0.2, 0) is 12.0 Å². The second-order valence-electron chi connectivity index (χ2n) is 8.06. The smallest absolute Gasteiger partial charge is 0.0937 e. The first-order valence-corrected chi connectivity index (χ1v) is 10.4. The molecule has 2 aromatic rings. The molecule has 3 unspecified atom stereocenters. The minimum atomic E-state index is -0.725. The zero-order valence-electron chi connectivity index (χ0n) is 15.9. The van der Waals surface area contributed by atoms with Gasteiger partial charge in [-0.1, -0.05) is 58.4 Å². The Hall–Kier alpha value is -1.16. The SMILES string of the molecule is CN(C)CC1CC(CCc2ccccc2)CCC1(O)c1cccc(Br)c1. The van der Waals surface area contributed by atoms with Crippen LogP contribution in [0.4, 0.5) is 0 Å². The summed E-state index contributed by atoms with van der Waals surface area (Å²) in [6.45, 7) is 0.921. The Morgan fingerprint density at radius 2 is 1.88 bits per heavy atom. The minimum absolute atomic E-state index is 0.265. The number of aryl methyl sites for hydroxylation is 1. The summed E-state index contributed by atoms with van der Waals surface area (Å²) >= 11 is 3.56. The fraction of sp³-hybridized carbons (Fsp3) is 0.478. The summed E-state index contributed by atoms with van der Waals surface area (Å²) in [4.78, 5) is 2.22. The largest absolute Gasteiger partial charge is 0.385 e. The lowest BCUT2D eigenvalue weighted by molar-refractivity contribution is -0.0761. The van der Waals surface area contributed by atoms with E-state index in [1.54, 1.807) is 0 Å². The average molecular weight is 416 g/mol. The van der Waals surface area contributed by atoms with Crippen LogP contribution in [-0.4, -0.2) is 30.6 Å². The van der Waals surface area contributed by atoms with Crippen molar-refractivity contribution in [3.63, 3.8) is 0 Å². The number of halogens is 1. The molecule has 1 N–H and O–H groups in total. The van der Waals surface area contributed by atoms with E-state index in [9.17, 15) is 5.11 Å². The van der Waals surface area contributed by atoms with Gasteiger partial charge in [0.2, 0.25) is 0 Å². The first-order valence-electron chi connectivity index (χ1n) is 9.64. The topological polar surface area (TPSA) is 23.5 Å². The number of benzene rings is 2. The molecule has 1 fully saturated rings. The molecule has 3 heteroatoms. The monoisotopic (exact) mass is 415 g/mol. The van der Waals surface area contributed by atoms with Crippen LogP contribution >= 0.6 is 15.9 Å². The van der Waals surface area contributed by atoms with Crippen molar-refractivity contribution in [1.29, 1.82) is 0 Å². The van der Waals surface area contributed by atoms with Gasteiger partial charge in [0.05, 0.1) is 5.60 Å². The van der Waals surface area contributed by atoms with E-state index in [-0.39, 0.29) is 5.92 Å². The van der Waals surface area contributed by atoms with E-state index in [0.717, 1.165) is 42.3 Å². The normalized spacial score (nSPS) is 26.2. The summed E-state index contributed by atoms with van der Waals surface area (Å²) in [6.07, 6.45) is 5.38. The lowest BCUT2D eigenvalue weighted by Gasteiger charge is -2.44. The third-order valence-electron chi connectivity index (χ3n) is 5.82. The molecule has 3 atom stereocenters. The minimum Gasteiger partial charge on any atom is -0.385 e. The molecule has 1 aliphatic carbocycles. The van der Waals surface area contributed by atoms with Crippen molar-refractivity contribution in [2.24, 2.45) is 11.8 Å². The number of nitrogens with zero attached hydrogens (tertiary/aromatic N) is 1. The highest BCUT2D eigenvalue weighted by molar-refractivity contribution is 9.10. The predicted octanol–water partition coefficient (Wildman–Crippen LogP) is 5.25. The molecule has 2 nitrogen and oxygen atoms in total. The molecule has 0 radical (unpaired) electrons. The van der Waals surface area contributed by atoms with Gasteiger partial charge in [0, 0.05) is 16.9 Å². The van der Waals surface area contributed by atoms with Crippen molar-refractivity contribution in [3.05, 3.63) is 70.2 Å². The van der Waals surface area contributed by atoms with Gasteiger partial charge in [-0.15, -0.1) is 0 Å². The maximum atomic E-state index is 11.6. The highest BCUT2D eigenvalue weighted by atomic mass is 79.9. The molecule has 1 saturated carbocycles. The van der Waals surface area contributed by atoms with Crippen molar-refractivity contribution in [3.8, 4) is 0 Å². The molecule has 2 aromatic carbocycles. The fourth-order valence-corrected chi connectivity index (χ4v) is 4.82. The molecular formula is C23H30BrNO. The lowest BCUT2D eigenvalue weighted by Crippen LogP contribution is -2.45. The highest BCUT2D eigenvalue weighted by Crippen LogP contribution is 2.45. The molecule has 0 heterocycles. The maximum absolute atomic E-state index is 11.6. The van der Waals surface area contributed by atoms with Crippen LogP contribution in [0.25, 0.3) is 0 Å². The average Bonchev–Trinajstić information content (AvgIpc) is 2.63. The van der Waals surface area contributed by atoms with Gasteiger partial charge >= 0.3 is 0 Å². The molecule has 0 amide bonds. The number of hydrogen-bond donors (Lipinski definition) is 1. The summed E-state index contributed by atoms with van der Waals surface area (Å²) in [5.74, 6) is 0.953. The summed E-state index contributed by atoms with van der Waals surface area (Å²) in [5, 5.41) is 11.6. The summed E-state index contributed by atoms with van der Waals surface area (Å²) in [5.41, 5.74) is 1.75. The van der Waals surface area contributed by atoms with E-state index in [0.29, 0.717) is 5.92 Å². The van der Waals surface area contributed by atoms with Crippen LogP contribution in [0.5, 0.6) is 0 Å². The third-order valence-corrected chi connectivity index (χ3v) is 6.31. The molecule has 0 aromatic heterocycles. The first-order chi connectivity index (χ1) is 12.5. The van der Waals surface area contributed by atoms with Crippen molar-refractivity contribution in [1.82, 2.24) is 4.90 Å².